The molecule has 19 heavy (non-hydrogen) atoms. The maximum absolute atomic E-state index is 9.06. The molecule has 3 rings (SSSR count). The average molecular weight is 257 g/mol. The van der Waals surface area contributed by atoms with Gasteiger partial charge in [-0.25, -0.2) is 9.97 Å². The van der Waals surface area contributed by atoms with E-state index in [9.17, 15) is 0 Å². The molecule has 0 saturated heterocycles. The van der Waals surface area contributed by atoms with E-state index in [1.54, 1.807) is 6.20 Å². The van der Waals surface area contributed by atoms with E-state index in [-0.39, 0.29) is 17.2 Å². The van der Waals surface area contributed by atoms with Crippen molar-refractivity contribution in [3.8, 4) is 11.9 Å². The second kappa shape index (κ2) is 3.93. The Labute approximate surface area is 113 Å². The molecule has 4 nitrogen and oxygen atoms in total. The summed E-state index contributed by atoms with van der Waals surface area (Å²) >= 11 is 0. The van der Waals surface area contributed by atoms with Crippen LogP contribution in [-0.4, -0.2) is 16.1 Å². The van der Waals surface area contributed by atoms with E-state index in [0.29, 0.717) is 17.2 Å². The standard InChI is InChI=1S/C15H19N3O/c1-14(2)10-4-5-15(14,3)12(8-10)19-13-11(9-16)17-6-7-18-13/h6-7,10,12H,4-5,8H2,1-3H3. The first-order valence-corrected chi connectivity index (χ1v) is 6.87. The zero-order valence-electron chi connectivity index (χ0n) is 11.7. The Kier molecular flexibility index (Phi) is 2.57. The smallest absolute Gasteiger partial charge is 0.251 e. The lowest BCUT2D eigenvalue weighted by atomic mass is 9.70. The molecule has 3 unspecified atom stereocenters. The van der Waals surface area contributed by atoms with Crippen LogP contribution in [0.1, 0.15) is 45.7 Å². The lowest BCUT2D eigenvalue weighted by molar-refractivity contribution is 0.0268. The van der Waals surface area contributed by atoms with E-state index >= 15 is 0 Å². The van der Waals surface area contributed by atoms with Gasteiger partial charge in [0.15, 0.2) is 0 Å². The number of hydrogen-bond donors (Lipinski definition) is 0. The molecule has 2 aliphatic rings. The number of rotatable bonds is 2. The minimum absolute atomic E-state index is 0.144. The minimum atomic E-state index is 0.144. The summed E-state index contributed by atoms with van der Waals surface area (Å²) in [4.78, 5) is 8.18. The minimum Gasteiger partial charge on any atom is -0.472 e. The van der Waals surface area contributed by atoms with Gasteiger partial charge in [0, 0.05) is 17.8 Å². The summed E-state index contributed by atoms with van der Waals surface area (Å²) in [6.45, 7) is 7.00. The number of nitrogens with zero attached hydrogens (tertiary/aromatic N) is 3. The summed E-state index contributed by atoms with van der Waals surface area (Å²) < 4.78 is 6.07. The molecule has 1 aromatic rings. The maximum Gasteiger partial charge on any atom is 0.251 e. The molecule has 0 aromatic carbocycles. The third-order valence-corrected chi connectivity index (χ3v) is 5.74. The Balaban J connectivity index is 1.89. The van der Waals surface area contributed by atoms with Crippen LogP contribution in [0.5, 0.6) is 5.88 Å². The lowest BCUT2D eigenvalue weighted by Crippen LogP contribution is -2.39. The molecule has 1 heterocycles. The molecule has 0 N–H and O–H groups in total. The fourth-order valence-electron chi connectivity index (χ4n) is 3.93. The largest absolute Gasteiger partial charge is 0.472 e. The summed E-state index contributed by atoms with van der Waals surface area (Å²) in [5.74, 6) is 1.10. The summed E-state index contributed by atoms with van der Waals surface area (Å²) in [6.07, 6.45) is 6.79. The van der Waals surface area contributed by atoms with Gasteiger partial charge in [-0.15, -0.1) is 0 Å². The monoisotopic (exact) mass is 257 g/mol. The normalized spacial score (nSPS) is 35.1. The lowest BCUT2D eigenvalue weighted by Gasteiger charge is -2.38. The van der Waals surface area contributed by atoms with Gasteiger partial charge in [-0.1, -0.05) is 20.8 Å². The van der Waals surface area contributed by atoms with Gasteiger partial charge < -0.3 is 4.74 Å². The highest BCUT2D eigenvalue weighted by Gasteiger charge is 2.62. The maximum atomic E-state index is 9.06. The molecule has 2 fully saturated rings. The number of ether oxygens (including phenoxy) is 1. The zero-order valence-corrected chi connectivity index (χ0v) is 11.7. The SMILES string of the molecule is CC1(C)C2CCC1(C)C(Oc1nccnc1C#N)C2. The highest BCUT2D eigenvalue weighted by Crippen LogP contribution is 2.66. The van der Waals surface area contributed by atoms with Gasteiger partial charge in [0.1, 0.15) is 12.2 Å². The van der Waals surface area contributed by atoms with Crippen molar-refractivity contribution in [2.75, 3.05) is 0 Å². The molecule has 2 saturated carbocycles. The molecule has 100 valence electrons. The Morgan fingerprint density at radius 3 is 2.63 bits per heavy atom. The van der Waals surface area contributed by atoms with Gasteiger partial charge in [0.25, 0.3) is 5.88 Å². The molecule has 2 aliphatic carbocycles. The molecule has 1 aromatic heterocycles. The Hall–Kier alpha value is -1.63. The number of aromatic nitrogens is 2. The fraction of sp³-hybridized carbons (Fsp3) is 0.667. The number of nitriles is 1. The first kappa shape index (κ1) is 12.4. The molecule has 0 radical (unpaired) electrons. The summed E-state index contributed by atoms with van der Waals surface area (Å²) in [5.41, 5.74) is 0.751. The fourth-order valence-corrected chi connectivity index (χ4v) is 3.93. The third kappa shape index (κ3) is 1.57. The van der Waals surface area contributed by atoms with Crippen molar-refractivity contribution in [1.82, 2.24) is 9.97 Å². The van der Waals surface area contributed by atoms with Gasteiger partial charge in [0.2, 0.25) is 5.69 Å². The topological polar surface area (TPSA) is 58.8 Å². The molecule has 2 bridgehead atoms. The first-order valence-electron chi connectivity index (χ1n) is 6.87. The van der Waals surface area contributed by atoms with Crippen LogP contribution in [0.3, 0.4) is 0 Å². The Morgan fingerprint density at radius 2 is 2.05 bits per heavy atom. The van der Waals surface area contributed by atoms with Crippen molar-refractivity contribution in [3.63, 3.8) is 0 Å². The van der Waals surface area contributed by atoms with E-state index in [4.69, 9.17) is 10.00 Å². The molecule has 0 aliphatic heterocycles. The van der Waals surface area contributed by atoms with Crippen LogP contribution in [0.2, 0.25) is 0 Å². The van der Waals surface area contributed by atoms with Gasteiger partial charge in [-0.3, -0.25) is 0 Å². The van der Waals surface area contributed by atoms with Crippen molar-refractivity contribution in [1.29, 1.82) is 5.26 Å². The average Bonchev–Trinajstić information content (AvgIpc) is 2.72. The van der Waals surface area contributed by atoms with E-state index in [2.05, 4.69) is 30.7 Å². The first-order chi connectivity index (χ1) is 8.99. The van der Waals surface area contributed by atoms with E-state index in [1.165, 1.54) is 19.0 Å². The zero-order chi connectivity index (χ0) is 13.7. The van der Waals surface area contributed by atoms with E-state index in [0.717, 1.165) is 6.42 Å². The quantitative estimate of drug-likeness (QED) is 0.817. The third-order valence-electron chi connectivity index (χ3n) is 5.74. The van der Waals surface area contributed by atoms with Gasteiger partial charge in [-0.05, 0) is 30.6 Å². The van der Waals surface area contributed by atoms with E-state index < -0.39 is 0 Å². The Bertz CT molecular complexity index is 549. The van der Waals surface area contributed by atoms with Crippen LogP contribution in [0.25, 0.3) is 0 Å². The van der Waals surface area contributed by atoms with Crippen molar-refractivity contribution >= 4 is 0 Å². The number of hydrogen-bond acceptors (Lipinski definition) is 4. The highest BCUT2D eigenvalue weighted by molar-refractivity contribution is 5.30. The van der Waals surface area contributed by atoms with Crippen molar-refractivity contribution in [2.24, 2.45) is 16.7 Å². The molecular formula is C15H19N3O. The van der Waals surface area contributed by atoms with Crippen molar-refractivity contribution < 1.29 is 4.74 Å². The summed E-state index contributed by atoms with van der Waals surface area (Å²) in [7, 11) is 0. The summed E-state index contributed by atoms with van der Waals surface area (Å²) in [5, 5.41) is 9.06. The van der Waals surface area contributed by atoms with Crippen LogP contribution in [0, 0.1) is 28.1 Å². The van der Waals surface area contributed by atoms with E-state index in [1.807, 2.05) is 6.07 Å². The van der Waals surface area contributed by atoms with Gasteiger partial charge in [-0.2, -0.15) is 5.26 Å². The Morgan fingerprint density at radius 1 is 1.32 bits per heavy atom. The predicted molar refractivity (Wildman–Crippen MR) is 70.4 cm³/mol. The van der Waals surface area contributed by atoms with Crippen molar-refractivity contribution in [2.45, 2.75) is 46.1 Å². The van der Waals surface area contributed by atoms with Gasteiger partial charge in [0.05, 0.1) is 0 Å². The highest BCUT2D eigenvalue weighted by atomic mass is 16.5. The van der Waals surface area contributed by atoms with Gasteiger partial charge >= 0.3 is 0 Å². The molecule has 3 atom stereocenters. The van der Waals surface area contributed by atoms with Crippen LogP contribution >= 0.6 is 0 Å². The molecule has 0 amide bonds. The van der Waals surface area contributed by atoms with Crippen molar-refractivity contribution in [3.05, 3.63) is 18.1 Å². The predicted octanol–water partition coefficient (Wildman–Crippen LogP) is 2.94. The molecule has 4 heteroatoms. The van der Waals surface area contributed by atoms with Crippen LogP contribution in [0.4, 0.5) is 0 Å². The molecular weight excluding hydrogens is 238 g/mol. The summed E-state index contributed by atoms with van der Waals surface area (Å²) in [6, 6.07) is 2.05. The van der Waals surface area contributed by atoms with Crippen LogP contribution < -0.4 is 4.74 Å². The second-order valence-corrected chi connectivity index (χ2v) is 6.54. The second-order valence-electron chi connectivity index (χ2n) is 6.54. The van der Waals surface area contributed by atoms with Crippen LogP contribution in [-0.2, 0) is 0 Å². The number of fused-ring (bicyclic) bond motifs is 2. The molecule has 0 spiro atoms. The van der Waals surface area contributed by atoms with Crippen LogP contribution in [0.15, 0.2) is 12.4 Å².